The summed E-state index contributed by atoms with van der Waals surface area (Å²) >= 11 is 1.56. The van der Waals surface area contributed by atoms with Gasteiger partial charge in [0.05, 0.1) is 6.54 Å². The zero-order valence-electron chi connectivity index (χ0n) is 11.5. The fourth-order valence-corrected chi connectivity index (χ4v) is 3.30. The van der Waals surface area contributed by atoms with Gasteiger partial charge in [0.2, 0.25) is 5.91 Å². The van der Waals surface area contributed by atoms with Crippen molar-refractivity contribution in [2.45, 2.75) is 36.3 Å². The Labute approximate surface area is 126 Å². The average Bonchev–Trinajstić information content (AvgIpc) is 3.25. The molecule has 0 spiro atoms. The Bertz CT molecular complexity index is 665. The topological polar surface area (TPSA) is 99.8 Å². The zero-order chi connectivity index (χ0) is 14.8. The second-order valence-electron chi connectivity index (χ2n) is 5.01. The Hall–Kier alpha value is -1.86. The molecular formula is C14H17N5OS. The molecule has 1 aliphatic carbocycles. The average molecular weight is 303 g/mol. The lowest BCUT2D eigenvalue weighted by Gasteiger charge is -2.09. The van der Waals surface area contributed by atoms with Gasteiger partial charge in [0.1, 0.15) is 5.82 Å². The SMILES string of the molecule is NCc1nnc(SCc2ccccc2C(N)=O)n1C1CC1. The molecule has 1 aromatic heterocycles. The summed E-state index contributed by atoms with van der Waals surface area (Å²) in [5.74, 6) is 1.05. The van der Waals surface area contributed by atoms with Crippen molar-refractivity contribution >= 4 is 17.7 Å². The molecule has 0 unspecified atom stereocenters. The first kappa shape index (κ1) is 14.1. The summed E-state index contributed by atoms with van der Waals surface area (Å²) in [4.78, 5) is 11.4. The summed E-state index contributed by atoms with van der Waals surface area (Å²) in [5.41, 5.74) is 12.6. The molecule has 1 aliphatic rings. The van der Waals surface area contributed by atoms with E-state index in [0.29, 0.717) is 23.9 Å². The van der Waals surface area contributed by atoms with Crippen LogP contribution >= 0.6 is 11.8 Å². The first-order chi connectivity index (χ1) is 10.2. The number of carbonyl (C=O) groups is 1. The van der Waals surface area contributed by atoms with Crippen molar-refractivity contribution in [2.24, 2.45) is 11.5 Å². The van der Waals surface area contributed by atoms with Crippen molar-refractivity contribution in [3.05, 3.63) is 41.2 Å². The molecule has 3 rings (SSSR count). The van der Waals surface area contributed by atoms with Crippen LogP contribution in [0.25, 0.3) is 0 Å². The summed E-state index contributed by atoms with van der Waals surface area (Å²) in [5, 5.41) is 9.22. The number of hydrogen-bond acceptors (Lipinski definition) is 5. The van der Waals surface area contributed by atoms with E-state index in [1.165, 1.54) is 0 Å². The minimum atomic E-state index is -0.405. The minimum Gasteiger partial charge on any atom is -0.366 e. The molecule has 0 radical (unpaired) electrons. The van der Waals surface area contributed by atoms with E-state index in [-0.39, 0.29) is 0 Å². The van der Waals surface area contributed by atoms with Crippen LogP contribution in [-0.4, -0.2) is 20.7 Å². The third-order valence-electron chi connectivity index (χ3n) is 3.47. The Kier molecular flexibility index (Phi) is 3.94. The zero-order valence-corrected chi connectivity index (χ0v) is 12.3. The van der Waals surface area contributed by atoms with Crippen molar-refractivity contribution in [1.82, 2.24) is 14.8 Å². The quantitative estimate of drug-likeness (QED) is 0.787. The van der Waals surface area contributed by atoms with Crippen molar-refractivity contribution in [2.75, 3.05) is 0 Å². The lowest BCUT2D eigenvalue weighted by atomic mass is 10.1. The molecule has 7 heteroatoms. The van der Waals surface area contributed by atoms with Gasteiger partial charge < -0.3 is 16.0 Å². The highest BCUT2D eigenvalue weighted by Crippen LogP contribution is 2.39. The maximum atomic E-state index is 11.4. The van der Waals surface area contributed by atoms with Crippen molar-refractivity contribution in [1.29, 1.82) is 0 Å². The first-order valence-corrected chi connectivity index (χ1v) is 7.83. The lowest BCUT2D eigenvalue weighted by Crippen LogP contribution is -2.13. The van der Waals surface area contributed by atoms with Crippen LogP contribution in [0.4, 0.5) is 0 Å². The maximum Gasteiger partial charge on any atom is 0.249 e. The highest BCUT2D eigenvalue weighted by atomic mass is 32.2. The summed E-state index contributed by atoms with van der Waals surface area (Å²) in [6, 6.07) is 7.85. The summed E-state index contributed by atoms with van der Waals surface area (Å²) < 4.78 is 2.12. The van der Waals surface area contributed by atoms with Gasteiger partial charge in [-0.25, -0.2) is 0 Å². The van der Waals surface area contributed by atoms with Gasteiger partial charge in [0.15, 0.2) is 5.16 Å². The molecule has 0 atom stereocenters. The van der Waals surface area contributed by atoms with Crippen molar-refractivity contribution in [3.63, 3.8) is 0 Å². The molecule has 0 bridgehead atoms. The van der Waals surface area contributed by atoms with Gasteiger partial charge in [-0.2, -0.15) is 0 Å². The Morgan fingerprint density at radius 2 is 2.10 bits per heavy atom. The third kappa shape index (κ3) is 2.93. The van der Waals surface area contributed by atoms with Crippen LogP contribution in [0.1, 0.15) is 40.6 Å². The van der Waals surface area contributed by atoms with Crippen LogP contribution in [0.3, 0.4) is 0 Å². The number of nitrogens with two attached hydrogens (primary N) is 2. The van der Waals surface area contributed by atoms with E-state index in [2.05, 4.69) is 14.8 Å². The number of hydrogen-bond donors (Lipinski definition) is 2. The summed E-state index contributed by atoms with van der Waals surface area (Å²) in [6.07, 6.45) is 2.30. The standard InChI is InChI=1S/C14H17N5OS/c15-7-12-17-18-14(19(12)10-5-6-10)21-8-9-3-1-2-4-11(9)13(16)20/h1-4,10H,5-8,15H2,(H2,16,20). The molecule has 1 saturated carbocycles. The number of rotatable bonds is 6. The van der Waals surface area contributed by atoms with Crippen molar-refractivity contribution < 1.29 is 4.79 Å². The van der Waals surface area contributed by atoms with Gasteiger partial charge in [0.25, 0.3) is 0 Å². The Morgan fingerprint density at radius 1 is 1.33 bits per heavy atom. The highest BCUT2D eigenvalue weighted by Gasteiger charge is 2.29. The minimum absolute atomic E-state index is 0.391. The van der Waals surface area contributed by atoms with Crippen LogP contribution in [0.15, 0.2) is 29.4 Å². The molecule has 2 aromatic rings. The van der Waals surface area contributed by atoms with Gasteiger partial charge in [-0.05, 0) is 24.5 Å². The molecule has 21 heavy (non-hydrogen) atoms. The van der Waals surface area contributed by atoms with Crippen LogP contribution in [-0.2, 0) is 12.3 Å². The normalized spacial score (nSPS) is 14.3. The predicted molar refractivity (Wildman–Crippen MR) is 80.7 cm³/mol. The van der Waals surface area contributed by atoms with Crippen LogP contribution in [0.2, 0.25) is 0 Å². The van der Waals surface area contributed by atoms with E-state index in [1.807, 2.05) is 18.2 Å². The van der Waals surface area contributed by atoms with E-state index in [4.69, 9.17) is 11.5 Å². The molecule has 6 nitrogen and oxygen atoms in total. The molecule has 1 heterocycles. The largest absolute Gasteiger partial charge is 0.366 e. The first-order valence-electron chi connectivity index (χ1n) is 6.85. The number of carbonyl (C=O) groups excluding carboxylic acids is 1. The Morgan fingerprint density at radius 3 is 2.76 bits per heavy atom. The number of thioether (sulfide) groups is 1. The monoisotopic (exact) mass is 303 g/mol. The van der Waals surface area contributed by atoms with Gasteiger partial charge in [-0.1, -0.05) is 30.0 Å². The van der Waals surface area contributed by atoms with Gasteiger partial charge >= 0.3 is 0 Å². The molecule has 110 valence electrons. The number of primary amides is 1. The van der Waals surface area contributed by atoms with Crippen molar-refractivity contribution in [3.8, 4) is 0 Å². The van der Waals surface area contributed by atoms with E-state index in [9.17, 15) is 4.79 Å². The van der Waals surface area contributed by atoms with Crippen LogP contribution < -0.4 is 11.5 Å². The lowest BCUT2D eigenvalue weighted by molar-refractivity contribution is 0.0999. The highest BCUT2D eigenvalue weighted by molar-refractivity contribution is 7.98. The molecule has 4 N–H and O–H groups in total. The smallest absolute Gasteiger partial charge is 0.249 e. The van der Waals surface area contributed by atoms with Gasteiger partial charge in [-0.3, -0.25) is 4.79 Å². The van der Waals surface area contributed by atoms with Gasteiger partial charge in [0, 0.05) is 17.4 Å². The molecular weight excluding hydrogens is 286 g/mol. The van der Waals surface area contributed by atoms with E-state index in [1.54, 1.807) is 17.8 Å². The van der Waals surface area contributed by atoms with E-state index in [0.717, 1.165) is 29.4 Å². The number of nitrogens with zero attached hydrogens (tertiary/aromatic N) is 3. The number of benzene rings is 1. The summed E-state index contributed by atoms with van der Waals surface area (Å²) in [6.45, 7) is 0.391. The van der Waals surface area contributed by atoms with E-state index < -0.39 is 5.91 Å². The fraction of sp³-hybridized carbons (Fsp3) is 0.357. The van der Waals surface area contributed by atoms with Crippen LogP contribution in [0.5, 0.6) is 0 Å². The number of aromatic nitrogens is 3. The van der Waals surface area contributed by atoms with E-state index >= 15 is 0 Å². The fourth-order valence-electron chi connectivity index (χ4n) is 2.27. The Balaban J connectivity index is 1.80. The molecule has 0 aliphatic heterocycles. The molecule has 1 amide bonds. The second-order valence-corrected chi connectivity index (χ2v) is 5.96. The second kappa shape index (κ2) is 5.87. The predicted octanol–water partition coefficient (Wildman–Crippen LogP) is 1.46. The maximum absolute atomic E-state index is 11.4. The molecule has 1 aromatic carbocycles. The summed E-state index contributed by atoms with van der Waals surface area (Å²) in [7, 11) is 0. The molecule has 0 saturated heterocycles. The van der Waals surface area contributed by atoms with Crippen LogP contribution in [0, 0.1) is 0 Å². The number of amides is 1. The molecule has 1 fully saturated rings. The van der Waals surface area contributed by atoms with Gasteiger partial charge in [-0.15, -0.1) is 10.2 Å². The third-order valence-corrected chi connectivity index (χ3v) is 4.46.